The van der Waals surface area contributed by atoms with Crippen LogP contribution in [0.1, 0.15) is 13.8 Å². The first-order chi connectivity index (χ1) is 12.6. The van der Waals surface area contributed by atoms with Crippen LogP contribution in [-0.2, 0) is 0 Å². The first-order valence-corrected chi connectivity index (χ1v) is 8.46. The highest BCUT2D eigenvalue weighted by molar-refractivity contribution is 6.29. The number of hydrogen-bond donors (Lipinski definition) is 2. The van der Waals surface area contributed by atoms with Crippen molar-refractivity contribution in [3.8, 4) is 11.3 Å². The van der Waals surface area contributed by atoms with Crippen molar-refractivity contribution in [2.75, 3.05) is 18.0 Å². The van der Waals surface area contributed by atoms with Crippen LogP contribution in [0.5, 0.6) is 0 Å². The molecule has 1 fully saturated rings. The maximum absolute atomic E-state index is 14.4. The van der Waals surface area contributed by atoms with Gasteiger partial charge in [0, 0.05) is 18.2 Å². The van der Waals surface area contributed by atoms with Gasteiger partial charge < -0.3 is 9.88 Å². The number of aromatic nitrogens is 5. The fourth-order valence-corrected chi connectivity index (χ4v) is 3.34. The number of hydrogen-bond acceptors (Lipinski definition) is 5. The molecule has 8 nitrogen and oxygen atoms in total. The van der Waals surface area contributed by atoms with Gasteiger partial charge in [0.05, 0.1) is 24.0 Å². The molecule has 0 unspecified atom stereocenters. The lowest BCUT2D eigenvalue weighted by molar-refractivity contribution is -0.0642. The van der Waals surface area contributed by atoms with E-state index < -0.39 is 29.1 Å². The van der Waals surface area contributed by atoms with Gasteiger partial charge in [0.25, 0.3) is 11.5 Å². The predicted molar refractivity (Wildman–Crippen MR) is 95.6 cm³/mol. The summed E-state index contributed by atoms with van der Waals surface area (Å²) in [6, 6.07) is 1.50. The molecule has 0 bridgehead atoms. The minimum atomic E-state index is -2.90. The van der Waals surface area contributed by atoms with Crippen molar-refractivity contribution in [3.63, 3.8) is 0 Å². The number of nitrogens with zero attached hydrogens (tertiary/aromatic N) is 4. The summed E-state index contributed by atoms with van der Waals surface area (Å²) in [7, 11) is 0. The molecular formula is C16H15ClF2N6O2. The zero-order valence-electron chi connectivity index (χ0n) is 14.4. The molecular weight excluding hydrogens is 382 g/mol. The molecule has 0 aliphatic carbocycles. The maximum Gasteiger partial charge on any atom is 0.325 e. The van der Waals surface area contributed by atoms with Crippen molar-refractivity contribution in [1.29, 1.82) is 0 Å². The third kappa shape index (κ3) is 2.80. The third-order valence-electron chi connectivity index (χ3n) is 4.78. The van der Waals surface area contributed by atoms with Crippen molar-refractivity contribution >= 4 is 22.9 Å². The highest BCUT2D eigenvalue weighted by Crippen LogP contribution is 2.45. The van der Waals surface area contributed by atoms with Gasteiger partial charge in [-0.2, -0.15) is 5.10 Å². The molecule has 1 aliphatic rings. The molecule has 0 radical (unpaired) electrons. The lowest BCUT2D eigenvalue weighted by Gasteiger charge is -2.24. The van der Waals surface area contributed by atoms with Gasteiger partial charge in [-0.1, -0.05) is 25.4 Å². The molecule has 0 amide bonds. The molecule has 27 heavy (non-hydrogen) atoms. The topological polar surface area (TPSA) is 99.2 Å². The van der Waals surface area contributed by atoms with Gasteiger partial charge >= 0.3 is 5.69 Å². The molecule has 0 atom stereocenters. The van der Waals surface area contributed by atoms with Crippen LogP contribution in [0.2, 0.25) is 5.15 Å². The Hall–Kier alpha value is -2.75. The van der Waals surface area contributed by atoms with E-state index in [1.807, 2.05) is 0 Å². The van der Waals surface area contributed by atoms with Crippen molar-refractivity contribution in [2.45, 2.75) is 19.8 Å². The zero-order chi connectivity index (χ0) is 19.6. The summed E-state index contributed by atoms with van der Waals surface area (Å²) < 4.78 is 30.1. The molecule has 4 rings (SSSR count). The molecule has 0 saturated carbocycles. The second kappa shape index (κ2) is 5.62. The highest BCUT2D eigenvalue weighted by atomic mass is 35.5. The number of alkyl halides is 2. The number of aromatic amines is 2. The summed E-state index contributed by atoms with van der Waals surface area (Å²) in [6.45, 7) is 2.59. The van der Waals surface area contributed by atoms with Gasteiger partial charge in [0.15, 0.2) is 5.65 Å². The van der Waals surface area contributed by atoms with E-state index in [2.05, 4.69) is 20.1 Å². The second-order valence-electron chi connectivity index (χ2n) is 7.18. The highest BCUT2D eigenvalue weighted by Gasteiger charge is 2.54. The number of imidazole rings is 1. The Balaban J connectivity index is 1.92. The van der Waals surface area contributed by atoms with E-state index in [0.29, 0.717) is 11.3 Å². The minimum absolute atomic E-state index is 0.0889. The molecule has 0 spiro atoms. The van der Waals surface area contributed by atoms with Crippen LogP contribution in [0.3, 0.4) is 0 Å². The fraction of sp³-hybridized carbons (Fsp3) is 0.375. The molecule has 142 valence electrons. The number of fused-ring (bicyclic) bond motifs is 1. The maximum atomic E-state index is 14.4. The van der Waals surface area contributed by atoms with Crippen molar-refractivity contribution in [2.24, 2.45) is 5.41 Å². The van der Waals surface area contributed by atoms with Crippen LogP contribution in [0.15, 0.2) is 28.0 Å². The summed E-state index contributed by atoms with van der Waals surface area (Å²) in [5.41, 5.74) is -1.57. The number of rotatable bonds is 2. The second-order valence-corrected chi connectivity index (χ2v) is 7.56. The zero-order valence-corrected chi connectivity index (χ0v) is 15.1. The van der Waals surface area contributed by atoms with E-state index in [-0.39, 0.29) is 23.0 Å². The standard InChI is InChI=1S/C16H15ClF2N6O2/c1-15(2)6-24(7-16(15,18)19)10-3-9(8-4-20-14(27)22-13(8)26)23-25-5-11(17)21-12(10)25/h3-5H,6-7H2,1-2H3,(H2,20,22,26,27). The van der Waals surface area contributed by atoms with Crippen molar-refractivity contribution in [3.05, 3.63) is 44.5 Å². The van der Waals surface area contributed by atoms with Gasteiger partial charge in [0.1, 0.15) is 10.8 Å². The molecule has 1 aliphatic heterocycles. The van der Waals surface area contributed by atoms with Crippen LogP contribution in [0.25, 0.3) is 16.9 Å². The van der Waals surface area contributed by atoms with Gasteiger partial charge in [-0.25, -0.2) is 23.1 Å². The molecule has 4 heterocycles. The Kier molecular flexibility index (Phi) is 3.68. The van der Waals surface area contributed by atoms with Crippen LogP contribution in [0.4, 0.5) is 14.5 Å². The van der Waals surface area contributed by atoms with Crippen LogP contribution in [-0.4, -0.2) is 43.6 Å². The summed E-state index contributed by atoms with van der Waals surface area (Å²) in [6.07, 6.45) is 2.64. The SMILES string of the molecule is CC1(C)CN(c2cc(-c3c[nH]c(=O)[nH]c3=O)nn3cc(Cl)nc23)CC1(F)F. The van der Waals surface area contributed by atoms with Crippen molar-refractivity contribution in [1.82, 2.24) is 24.6 Å². The van der Waals surface area contributed by atoms with Crippen LogP contribution in [0, 0.1) is 5.41 Å². The summed E-state index contributed by atoms with van der Waals surface area (Å²) in [5, 5.41) is 4.42. The monoisotopic (exact) mass is 396 g/mol. The summed E-state index contributed by atoms with van der Waals surface area (Å²) >= 11 is 5.97. The quantitative estimate of drug-likeness (QED) is 0.689. The third-order valence-corrected chi connectivity index (χ3v) is 4.96. The molecule has 3 aromatic heterocycles. The number of anilines is 1. The smallest absolute Gasteiger partial charge is 0.325 e. The van der Waals surface area contributed by atoms with Gasteiger partial charge in [-0.05, 0) is 6.07 Å². The Morgan fingerprint density at radius 3 is 2.63 bits per heavy atom. The lowest BCUT2D eigenvalue weighted by atomic mass is 9.89. The Bertz CT molecular complexity index is 1150. The Morgan fingerprint density at radius 2 is 2.00 bits per heavy atom. The van der Waals surface area contributed by atoms with Crippen LogP contribution >= 0.6 is 11.6 Å². The first-order valence-electron chi connectivity index (χ1n) is 8.08. The largest absolute Gasteiger partial charge is 0.362 e. The fourth-order valence-electron chi connectivity index (χ4n) is 3.17. The lowest BCUT2D eigenvalue weighted by Crippen LogP contribution is -2.34. The number of nitrogens with one attached hydrogen (secondary N) is 2. The normalized spacial score (nSPS) is 18.3. The molecule has 3 aromatic rings. The molecule has 2 N–H and O–H groups in total. The summed E-state index contributed by atoms with van der Waals surface area (Å²) in [5.74, 6) is -2.90. The molecule has 11 heteroatoms. The average Bonchev–Trinajstić information content (AvgIpc) is 3.02. The minimum Gasteiger partial charge on any atom is -0.362 e. The average molecular weight is 397 g/mol. The van der Waals surface area contributed by atoms with E-state index in [4.69, 9.17) is 11.6 Å². The number of halogens is 3. The molecule has 1 saturated heterocycles. The molecule has 0 aromatic carbocycles. The van der Waals surface area contributed by atoms with E-state index in [1.165, 1.54) is 41.7 Å². The summed E-state index contributed by atoms with van der Waals surface area (Å²) in [4.78, 5) is 33.5. The van der Waals surface area contributed by atoms with Gasteiger partial charge in [0.2, 0.25) is 0 Å². The van der Waals surface area contributed by atoms with E-state index in [0.717, 1.165) is 0 Å². The van der Waals surface area contributed by atoms with E-state index >= 15 is 0 Å². The van der Waals surface area contributed by atoms with Gasteiger partial charge in [-0.15, -0.1) is 0 Å². The van der Waals surface area contributed by atoms with Gasteiger partial charge in [-0.3, -0.25) is 9.78 Å². The first kappa shape index (κ1) is 17.7. The Morgan fingerprint density at radius 1 is 1.26 bits per heavy atom. The Labute approximate surface area is 155 Å². The predicted octanol–water partition coefficient (Wildman–Crippen LogP) is 1.91. The van der Waals surface area contributed by atoms with Crippen molar-refractivity contribution < 1.29 is 8.78 Å². The number of H-pyrrole nitrogens is 2. The van der Waals surface area contributed by atoms with E-state index in [9.17, 15) is 18.4 Å². The van der Waals surface area contributed by atoms with Crippen LogP contribution < -0.4 is 16.1 Å². The van der Waals surface area contributed by atoms with E-state index in [1.54, 1.807) is 0 Å².